The van der Waals surface area contributed by atoms with Crippen molar-refractivity contribution in [2.24, 2.45) is 0 Å². The Balaban J connectivity index is 2.26. The molecule has 0 saturated carbocycles. The monoisotopic (exact) mass is 215 g/mol. The van der Waals surface area contributed by atoms with Gasteiger partial charge in [0, 0.05) is 17.3 Å². The lowest BCUT2D eigenvalue weighted by atomic mass is 10.1. The molecule has 0 amide bonds. The Morgan fingerprint density at radius 1 is 1.38 bits per heavy atom. The zero-order valence-electron chi connectivity index (χ0n) is 9.58. The van der Waals surface area contributed by atoms with Crippen LogP contribution in [0.5, 0.6) is 5.75 Å². The number of methoxy groups -OCH3 is 1. The van der Waals surface area contributed by atoms with Gasteiger partial charge in [0.15, 0.2) is 6.21 Å². The second-order valence-corrected chi connectivity index (χ2v) is 4.29. The minimum atomic E-state index is 0.924. The molecule has 1 N–H and O–H groups in total. The fourth-order valence-corrected chi connectivity index (χ4v) is 2.33. The van der Waals surface area contributed by atoms with Crippen LogP contribution in [-0.2, 0) is 6.42 Å². The molecule has 0 unspecified atom stereocenters. The van der Waals surface area contributed by atoms with Crippen molar-refractivity contribution in [3.63, 3.8) is 0 Å². The fourth-order valence-electron chi connectivity index (χ4n) is 2.33. The molecule has 0 bridgehead atoms. The summed E-state index contributed by atoms with van der Waals surface area (Å²) in [6, 6.07) is 6.19. The third-order valence-corrected chi connectivity index (χ3v) is 3.21. The first-order valence-corrected chi connectivity index (χ1v) is 5.51. The number of hydrogen-bond acceptors (Lipinski definition) is 1. The predicted molar refractivity (Wildman–Crippen MR) is 64.8 cm³/mol. The van der Waals surface area contributed by atoms with E-state index in [2.05, 4.69) is 35.0 Å². The van der Waals surface area contributed by atoms with Crippen LogP contribution in [0.15, 0.2) is 18.2 Å². The number of hydrogen-bond donors (Lipinski definition) is 1. The van der Waals surface area contributed by atoms with Gasteiger partial charge in [-0.15, -0.1) is 0 Å². The highest BCUT2D eigenvalue weighted by Crippen LogP contribution is 2.27. The van der Waals surface area contributed by atoms with Gasteiger partial charge < -0.3 is 9.72 Å². The maximum atomic E-state index is 5.27. The summed E-state index contributed by atoms with van der Waals surface area (Å²) in [5, 5.41) is 1.29. The van der Waals surface area contributed by atoms with Crippen molar-refractivity contribution in [2.75, 3.05) is 20.7 Å². The minimum absolute atomic E-state index is 0.924. The van der Waals surface area contributed by atoms with E-state index in [1.54, 1.807) is 7.11 Å². The Kier molecular flexibility index (Phi) is 1.99. The fraction of sp³-hybridized carbons (Fsp3) is 0.308. The Morgan fingerprint density at radius 2 is 2.25 bits per heavy atom. The van der Waals surface area contributed by atoms with Crippen molar-refractivity contribution < 1.29 is 9.31 Å². The largest absolute Gasteiger partial charge is 0.497 e. The van der Waals surface area contributed by atoms with E-state index in [0.717, 1.165) is 18.7 Å². The van der Waals surface area contributed by atoms with Gasteiger partial charge in [-0.25, -0.2) is 4.58 Å². The minimum Gasteiger partial charge on any atom is -0.497 e. The second-order valence-electron chi connectivity index (χ2n) is 4.29. The SMILES string of the molecule is COc1ccc2[nH]c3c(c2c1)CC[N+](C)=C3. The van der Waals surface area contributed by atoms with Gasteiger partial charge in [-0.2, -0.15) is 0 Å². The summed E-state index contributed by atoms with van der Waals surface area (Å²) in [5.41, 5.74) is 3.83. The number of aromatic amines is 1. The zero-order chi connectivity index (χ0) is 11.1. The molecule has 82 valence electrons. The van der Waals surface area contributed by atoms with Crippen LogP contribution in [0.1, 0.15) is 11.3 Å². The van der Waals surface area contributed by atoms with Crippen LogP contribution in [-0.4, -0.2) is 36.5 Å². The van der Waals surface area contributed by atoms with E-state index >= 15 is 0 Å². The quantitative estimate of drug-likeness (QED) is 0.722. The number of benzene rings is 1. The normalized spacial score (nSPS) is 14.8. The van der Waals surface area contributed by atoms with Gasteiger partial charge in [0.1, 0.15) is 25.0 Å². The molecule has 2 heterocycles. The Hall–Kier alpha value is -1.77. The lowest BCUT2D eigenvalue weighted by Crippen LogP contribution is -2.18. The van der Waals surface area contributed by atoms with Crippen LogP contribution in [0.3, 0.4) is 0 Å². The van der Waals surface area contributed by atoms with Crippen molar-refractivity contribution in [2.45, 2.75) is 6.42 Å². The molecule has 3 nitrogen and oxygen atoms in total. The van der Waals surface area contributed by atoms with E-state index < -0.39 is 0 Å². The second kappa shape index (κ2) is 3.37. The molecule has 0 atom stereocenters. The molecule has 1 aliphatic rings. The van der Waals surface area contributed by atoms with Crippen LogP contribution in [0.25, 0.3) is 10.9 Å². The van der Waals surface area contributed by atoms with Crippen LogP contribution in [0.4, 0.5) is 0 Å². The maximum Gasteiger partial charge on any atom is 0.187 e. The molecular weight excluding hydrogens is 200 g/mol. The first-order valence-electron chi connectivity index (χ1n) is 5.51. The van der Waals surface area contributed by atoms with Gasteiger partial charge >= 0.3 is 0 Å². The molecule has 0 radical (unpaired) electrons. The van der Waals surface area contributed by atoms with Crippen molar-refractivity contribution in [3.05, 3.63) is 29.5 Å². The lowest BCUT2D eigenvalue weighted by molar-refractivity contribution is -0.493. The Morgan fingerprint density at radius 3 is 3.06 bits per heavy atom. The third-order valence-electron chi connectivity index (χ3n) is 3.21. The predicted octanol–water partition coefficient (Wildman–Crippen LogP) is 1.79. The van der Waals surface area contributed by atoms with Crippen LogP contribution in [0, 0.1) is 0 Å². The highest BCUT2D eigenvalue weighted by molar-refractivity contribution is 5.93. The number of fused-ring (bicyclic) bond motifs is 3. The van der Waals surface area contributed by atoms with Crippen LogP contribution < -0.4 is 4.74 Å². The van der Waals surface area contributed by atoms with Crippen LogP contribution >= 0.6 is 0 Å². The molecule has 0 aliphatic carbocycles. The van der Waals surface area contributed by atoms with Gasteiger partial charge in [0.05, 0.1) is 7.11 Å². The van der Waals surface area contributed by atoms with Gasteiger partial charge in [-0.3, -0.25) is 0 Å². The van der Waals surface area contributed by atoms with Crippen molar-refractivity contribution >= 4 is 17.1 Å². The number of nitrogens with one attached hydrogen (secondary N) is 1. The molecule has 3 rings (SSSR count). The van der Waals surface area contributed by atoms with Gasteiger partial charge in [-0.1, -0.05) is 0 Å². The summed E-state index contributed by atoms with van der Waals surface area (Å²) in [4.78, 5) is 3.44. The van der Waals surface area contributed by atoms with Crippen molar-refractivity contribution in [1.29, 1.82) is 0 Å². The molecule has 0 saturated heterocycles. The van der Waals surface area contributed by atoms with E-state index in [1.807, 2.05) is 6.07 Å². The number of likely N-dealkylation sites (N-methyl/N-ethyl adjacent to an activating group) is 1. The molecular formula is C13H15N2O+. The average Bonchev–Trinajstić information content (AvgIpc) is 2.65. The van der Waals surface area contributed by atoms with Crippen molar-refractivity contribution in [1.82, 2.24) is 4.98 Å². The number of H-pyrrole nitrogens is 1. The molecule has 16 heavy (non-hydrogen) atoms. The molecule has 0 fully saturated rings. The number of ether oxygens (including phenoxy) is 1. The van der Waals surface area contributed by atoms with E-state index in [0.29, 0.717) is 0 Å². The summed E-state index contributed by atoms with van der Waals surface area (Å²) in [5.74, 6) is 0.924. The topological polar surface area (TPSA) is 28.0 Å². The summed E-state index contributed by atoms with van der Waals surface area (Å²) < 4.78 is 7.49. The standard InChI is InChI=1S/C13H14N2O/c1-15-6-5-10-11-7-9(16-2)3-4-12(11)14-13(10)8-15/h3-4,7-8H,5-6H2,1-2H3/p+1. The van der Waals surface area contributed by atoms with Gasteiger partial charge in [0.25, 0.3) is 0 Å². The first-order chi connectivity index (χ1) is 7.78. The molecule has 0 spiro atoms. The highest BCUT2D eigenvalue weighted by atomic mass is 16.5. The molecule has 1 aromatic carbocycles. The number of nitrogens with zero attached hydrogens (tertiary/aromatic N) is 1. The molecule has 2 aromatic rings. The van der Waals surface area contributed by atoms with Gasteiger partial charge in [0.2, 0.25) is 0 Å². The average molecular weight is 215 g/mol. The van der Waals surface area contributed by atoms with Crippen molar-refractivity contribution in [3.8, 4) is 5.75 Å². The van der Waals surface area contributed by atoms with E-state index in [1.165, 1.54) is 22.2 Å². The van der Waals surface area contributed by atoms with E-state index in [4.69, 9.17) is 4.74 Å². The van der Waals surface area contributed by atoms with Gasteiger partial charge in [-0.05, 0) is 23.8 Å². The highest BCUT2D eigenvalue weighted by Gasteiger charge is 2.18. The molecule has 3 heteroatoms. The van der Waals surface area contributed by atoms with E-state index in [-0.39, 0.29) is 0 Å². The van der Waals surface area contributed by atoms with E-state index in [9.17, 15) is 0 Å². The first kappa shape index (κ1) is 9.46. The van der Waals surface area contributed by atoms with Crippen LogP contribution in [0.2, 0.25) is 0 Å². The number of aromatic nitrogens is 1. The Labute approximate surface area is 94.4 Å². The zero-order valence-corrected chi connectivity index (χ0v) is 9.58. The maximum absolute atomic E-state index is 5.27. The summed E-state index contributed by atoms with van der Waals surface area (Å²) in [6.45, 7) is 1.08. The summed E-state index contributed by atoms with van der Waals surface area (Å²) >= 11 is 0. The summed E-state index contributed by atoms with van der Waals surface area (Å²) in [6.07, 6.45) is 3.26. The smallest absolute Gasteiger partial charge is 0.187 e. The number of rotatable bonds is 1. The Bertz CT molecular complexity index is 581. The lowest BCUT2D eigenvalue weighted by Gasteiger charge is -2.05. The molecule has 1 aliphatic heterocycles. The molecule has 1 aromatic heterocycles. The summed E-state index contributed by atoms with van der Waals surface area (Å²) in [7, 11) is 3.81. The third kappa shape index (κ3) is 1.32.